The SMILES string of the molecule is CCOC(=O)CCCCN(Cc1ccc(C(=O)OC)cc1)C[C@H](OCc1ccc(C(C)(C)C)s1)c1cccc(Cl)c1. The molecule has 3 rings (SSSR count). The number of carbonyl (C=O) groups excluding carboxylic acids is 2. The van der Waals surface area contributed by atoms with E-state index < -0.39 is 0 Å². The molecule has 0 saturated heterocycles. The van der Waals surface area contributed by atoms with E-state index in [-0.39, 0.29) is 23.5 Å². The van der Waals surface area contributed by atoms with Crippen molar-refractivity contribution in [2.24, 2.45) is 0 Å². The van der Waals surface area contributed by atoms with Crippen molar-refractivity contribution in [3.63, 3.8) is 0 Å². The lowest BCUT2D eigenvalue weighted by atomic mass is 9.95. The summed E-state index contributed by atoms with van der Waals surface area (Å²) in [5.74, 6) is -0.520. The van der Waals surface area contributed by atoms with Crippen LogP contribution < -0.4 is 0 Å². The highest BCUT2D eigenvalue weighted by Gasteiger charge is 2.21. The van der Waals surface area contributed by atoms with Crippen LogP contribution in [0.3, 0.4) is 0 Å². The van der Waals surface area contributed by atoms with Crippen LogP contribution in [0.1, 0.15) is 84.3 Å². The van der Waals surface area contributed by atoms with E-state index in [1.807, 2.05) is 37.3 Å². The van der Waals surface area contributed by atoms with E-state index in [0.717, 1.165) is 30.5 Å². The topological polar surface area (TPSA) is 65.1 Å². The molecule has 0 radical (unpaired) electrons. The molecule has 3 aromatic rings. The zero-order valence-corrected chi connectivity index (χ0v) is 26.4. The van der Waals surface area contributed by atoms with E-state index >= 15 is 0 Å². The van der Waals surface area contributed by atoms with Gasteiger partial charge in [-0.15, -0.1) is 11.3 Å². The van der Waals surface area contributed by atoms with Crippen LogP contribution in [-0.4, -0.2) is 43.6 Å². The maximum Gasteiger partial charge on any atom is 0.337 e. The van der Waals surface area contributed by atoms with Crippen molar-refractivity contribution in [3.05, 3.63) is 92.1 Å². The first-order valence-corrected chi connectivity index (χ1v) is 15.3. The fraction of sp³-hybridized carbons (Fsp3) is 0.455. The first kappa shape index (κ1) is 32.8. The normalized spacial score (nSPS) is 12.4. The Labute approximate surface area is 253 Å². The number of methoxy groups -OCH3 is 1. The van der Waals surface area contributed by atoms with E-state index in [4.69, 9.17) is 25.8 Å². The van der Waals surface area contributed by atoms with E-state index in [9.17, 15) is 9.59 Å². The molecule has 41 heavy (non-hydrogen) atoms. The molecular formula is C33H42ClNO5S. The molecule has 0 aliphatic carbocycles. The number of carbonyl (C=O) groups is 2. The third-order valence-corrected chi connectivity index (χ3v) is 8.38. The molecule has 0 bridgehead atoms. The molecule has 0 N–H and O–H groups in total. The zero-order valence-electron chi connectivity index (χ0n) is 24.8. The van der Waals surface area contributed by atoms with Gasteiger partial charge >= 0.3 is 11.9 Å². The van der Waals surface area contributed by atoms with Gasteiger partial charge in [-0.2, -0.15) is 0 Å². The highest BCUT2D eigenvalue weighted by Crippen LogP contribution is 2.31. The van der Waals surface area contributed by atoms with Gasteiger partial charge in [0, 0.05) is 34.3 Å². The Balaban J connectivity index is 1.78. The van der Waals surface area contributed by atoms with Gasteiger partial charge in [0.15, 0.2) is 0 Å². The summed E-state index contributed by atoms with van der Waals surface area (Å²) in [7, 11) is 1.38. The monoisotopic (exact) mass is 599 g/mol. The third kappa shape index (κ3) is 10.9. The van der Waals surface area contributed by atoms with Crippen LogP contribution in [0.5, 0.6) is 0 Å². The van der Waals surface area contributed by atoms with Gasteiger partial charge in [0.05, 0.1) is 32.0 Å². The van der Waals surface area contributed by atoms with Gasteiger partial charge in [0.25, 0.3) is 0 Å². The van der Waals surface area contributed by atoms with Crippen LogP contribution in [0.2, 0.25) is 5.02 Å². The van der Waals surface area contributed by atoms with Gasteiger partial charge in [0.1, 0.15) is 0 Å². The van der Waals surface area contributed by atoms with Gasteiger partial charge < -0.3 is 14.2 Å². The minimum absolute atomic E-state index is 0.0963. The first-order chi connectivity index (χ1) is 19.6. The zero-order chi connectivity index (χ0) is 29.8. The van der Waals surface area contributed by atoms with Crippen molar-refractivity contribution in [1.29, 1.82) is 0 Å². The molecule has 0 fully saturated rings. The van der Waals surface area contributed by atoms with Gasteiger partial charge in [-0.05, 0) is 79.3 Å². The van der Waals surface area contributed by atoms with Crippen LogP contribution in [0.15, 0.2) is 60.7 Å². The van der Waals surface area contributed by atoms with E-state index in [1.165, 1.54) is 16.9 Å². The molecule has 0 aliphatic heterocycles. The lowest BCUT2D eigenvalue weighted by molar-refractivity contribution is -0.143. The molecule has 0 spiro atoms. The minimum Gasteiger partial charge on any atom is -0.466 e. The molecule has 1 aromatic heterocycles. The molecule has 0 aliphatic rings. The largest absolute Gasteiger partial charge is 0.466 e. The molecule has 1 heterocycles. The van der Waals surface area contributed by atoms with Crippen LogP contribution >= 0.6 is 22.9 Å². The number of unbranched alkanes of at least 4 members (excludes halogenated alkanes) is 1. The Morgan fingerprint density at radius 1 is 1.02 bits per heavy atom. The number of benzene rings is 2. The van der Waals surface area contributed by atoms with Crippen LogP contribution in [0, 0.1) is 0 Å². The Morgan fingerprint density at radius 2 is 1.78 bits per heavy atom. The lowest BCUT2D eigenvalue weighted by Gasteiger charge is -2.28. The number of esters is 2. The molecule has 0 amide bonds. The predicted octanol–water partition coefficient (Wildman–Crippen LogP) is 7.98. The lowest BCUT2D eigenvalue weighted by Crippen LogP contribution is -2.30. The smallest absolute Gasteiger partial charge is 0.337 e. The van der Waals surface area contributed by atoms with Gasteiger partial charge in [-0.3, -0.25) is 9.69 Å². The highest BCUT2D eigenvalue weighted by molar-refractivity contribution is 7.12. The number of nitrogens with zero attached hydrogens (tertiary/aromatic N) is 1. The summed E-state index contributed by atoms with van der Waals surface area (Å²) >= 11 is 8.17. The second kappa shape index (κ2) is 16.1. The average Bonchev–Trinajstić information content (AvgIpc) is 3.43. The number of ether oxygens (including phenoxy) is 3. The summed E-state index contributed by atoms with van der Waals surface area (Å²) in [6.45, 7) is 11.4. The molecular weight excluding hydrogens is 558 g/mol. The number of hydrogen-bond donors (Lipinski definition) is 0. The average molecular weight is 600 g/mol. The Morgan fingerprint density at radius 3 is 2.41 bits per heavy atom. The van der Waals surface area contributed by atoms with E-state index in [1.54, 1.807) is 23.5 Å². The molecule has 1 atom stereocenters. The van der Waals surface area contributed by atoms with Crippen molar-refractivity contribution >= 4 is 34.9 Å². The van der Waals surface area contributed by atoms with Crippen LogP contribution in [0.4, 0.5) is 0 Å². The van der Waals surface area contributed by atoms with E-state index in [0.29, 0.717) is 43.3 Å². The van der Waals surface area contributed by atoms with E-state index in [2.05, 4.69) is 43.9 Å². The highest BCUT2D eigenvalue weighted by atomic mass is 35.5. The molecule has 0 saturated carbocycles. The summed E-state index contributed by atoms with van der Waals surface area (Å²) in [5.41, 5.74) is 2.70. The minimum atomic E-state index is -0.356. The molecule has 0 unspecified atom stereocenters. The third-order valence-electron chi connectivity index (χ3n) is 6.66. The van der Waals surface area contributed by atoms with Gasteiger partial charge in [0.2, 0.25) is 0 Å². The summed E-state index contributed by atoms with van der Waals surface area (Å²) < 4.78 is 16.5. The predicted molar refractivity (Wildman–Crippen MR) is 166 cm³/mol. The Hall–Kier alpha value is -2.71. The maximum atomic E-state index is 11.9. The summed E-state index contributed by atoms with van der Waals surface area (Å²) in [5, 5.41) is 0.668. The van der Waals surface area contributed by atoms with Crippen molar-refractivity contribution in [2.75, 3.05) is 26.8 Å². The molecule has 6 nitrogen and oxygen atoms in total. The molecule has 2 aromatic carbocycles. The van der Waals surface area contributed by atoms with Crippen LogP contribution in [-0.2, 0) is 37.6 Å². The standard InChI is InChI=1S/C33H42ClNO5S/c1-6-39-31(36)12-7-8-19-35(21-24-13-15-25(16-14-24)32(37)38-5)22-29(26-10-9-11-27(34)20-26)40-23-28-17-18-30(41-28)33(2,3)4/h9-11,13-18,20,29H,6-8,12,19,21-23H2,1-5H3/t29-/m0/s1. The van der Waals surface area contributed by atoms with Gasteiger partial charge in [-0.1, -0.05) is 56.6 Å². The second-order valence-corrected chi connectivity index (χ2v) is 12.7. The van der Waals surface area contributed by atoms with Crippen LogP contribution in [0.25, 0.3) is 0 Å². The van der Waals surface area contributed by atoms with Crippen molar-refractivity contribution in [1.82, 2.24) is 4.90 Å². The quantitative estimate of drug-likeness (QED) is 0.130. The summed E-state index contributed by atoms with van der Waals surface area (Å²) in [6.07, 6.45) is 1.76. The summed E-state index contributed by atoms with van der Waals surface area (Å²) in [6, 6.07) is 19.6. The number of hydrogen-bond acceptors (Lipinski definition) is 7. The molecule has 8 heteroatoms. The van der Waals surface area contributed by atoms with Gasteiger partial charge in [-0.25, -0.2) is 4.79 Å². The van der Waals surface area contributed by atoms with Crippen molar-refractivity contribution in [2.45, 2.75) is 71.6 Å². The fourth-order valence-electron chi connectivity index (χ4n) is 4.43. The number of halogens is 1. The number of thiophene rings is 1. The van der Waals surface area contributed by atoms with Crippen molar-refractivity contribution in [3.8, 4) is 0 Å². The maximum absolute atomic E-state index is 11.9. The Bertz CT molecular complexity index is 1250. The summed E-state index contributed by atoms with van der Waals surface area (Å²) in [4.78, 5) is 28.6. The number of rotatable bonds is 15. The van der Waals surface area contributed by atoms with Crippen molar-refractivity contribution < 1.29 is 23.8 Å². The first-order valence-electron chi connectivity index (χ1n) is 14.1. The fourth-order valence-corrected chi connectivity index (χ4v) is 5.62. The Kier molecular flexibility index (Phi) is 12.9. The second-order valence-electron chi connectivity index (χ2n) is 11.1. The molecule has 222 valence electrons.